The summed E-state index contributed by atoms with van der Waals surface area (Å²) in [5.41, 5.74) is 2.69. The molecule has 0 bridgehead atoms. The molecule has 198 valence electrons. The van der Waals surface area contributed by atoms with Gasteiger partial charge in [0.25, 0.3) is 0 Å². The third-order valence-corrected chi connectivity index (χ3v) is 9.88. The second kappa shape index (κ2) is 11.8. The van der Waals surface area contributed by atoms with Crippen molar-refractivity contribution in [3.63, 3.8) is 0 Å². The summed E-state index contributed by atoms with van der Waals surface area (Å²) in [4.78, 5) is 0.223. The Kier molecular flexibility index (Phi) is 8.42. The Labute approximate surface area is 236 Å². The summed E-state index contributed by atoms with van der Waals surface area (Å²) in [7, 11) is -3.66. The van der Waals surface area contributed by atoms with Crippen LogP contribution in [0, 0.1) is 0 Å². The van der Waals surface area contributed by atoms with Gasteiger partial charge in [-0.15, -0.1) is 10.2 Å². The average molecular weight is 590 g/mol. The highest BCUT2D eigenvalue weighted by Gasteiger charge is 2.28. The molecule has 38 heavy (non-hydrogen) atoms. The molecule has 1 aromatic heterocycles. The van der Waals surface area contributed by atoms with Crippen molar-refractivity contribution in [3.05, 3.63) is 94.0 Å². The third-order valence-electron chi connectivity index (χ3n) is 6.41. The van der Waals surface area contributed by atoms with Gasteiger partial charge in [0.05, 0.1) is 24.2 Å². The fourth-order valence-corrected chi connectivity index (χ4v) is 7.34. The van der Waals surface area contributed by atoms with Crippen molar-refractivity contribution in [3.8, 4) is 11.4 Å². The van der Waals surface area contributed by atoms with Crippen LogP contribution in [-0.4, -0.2) is 53.8 Å². The summed E-state index contributed by atoms with van der Waals surface area (Å²) in [6.07, 6.45) is 0. The molecule has 0 spiro atoms. The van der Waals surface area contributed by atoms with E-state index in [1.807, 2.05) is 41.0 Å². The molecule has 1 atom stereocenters. The van der Waals surface area contributed by atoms with Gasteiger partial charge in [0, 0.05) is 34.5 Å². The Bertz CT molecular complexity index is 1520. The molecule has 7 nitrogen and oxygen atoms in total. The van der Waals surface area contributed by atoms with Crippen molar-refractivity contribution in [2.45, 2.75) is 28.8 Å². The molecule has 0 radical (unpaired) electrons. The van der Waals surface area contributed by atoms with Gasteiger partial charge >= 0.3 is 0 Å². The van der Waals surface area contributed by atoms with Crippen LogP contribution >= 0.6 is 35.0 Å². The largest absolute Gasteiger partial charge is 0.379 e. The van der Waals surface area contributed by atoms with Gasteiger partial charge in [0.1, 0.15) is 0 Å². The van der Waals surface area contributed by atoms with Crippen molar-refractivity contribution in [2.24, 2.45) is 0 Å². The van der Waals surface area contributed by atoms with E-state index in [1.165, 1.54) is 16.1 Å². The minimum absolute atomic E-state index is 0.108. The van der Waals surface area contributed by atoms with Gasteiger partial charge in [-0.05, 0) is 42.3 Å². The Balaban J connectivity index is 1.53. The van der Waals surface area contributed by atoms with Crippen LogP contribution in [0.3, 0.4) is 0 Å². The standard InChI is InChI=1S/C27H26Cl2N4O3S2/c1-19(20-6-3-2-4-7-20)33-26(30-31-27(33)37-18-22-10-11-23(28)17-25(22)29)21-8-5-9-24(16-21)38(34,35)32-12-14-36-15-13-32/h2-11,16-17,19H,12-15,18H2,1H3/t19-/m1/s1. The number of hydrogen-bond donors (Lipinski definition) is 0. The second-order valence-electron chi connectivity index (χ2n) is 8.83. The van der Waals surface area contributed by atoms with Crippen LogP contribution in [-0.2, 0) is 20.5 Å². The lowest BCUT2D eigenvalue weighted by Crippen LogP contribution is -2.40. The molecule has 0 saturated carbocycles. The molecule has 1 aliphatic heterocycles. The second-order valence-corrected chi connectivity index (χ2v) is 12.6. The molecule has 4 aromatic rings. The smallest absolute Gasteiger partial charge is 0.243 e. The first-order chi connectivity index (χ1) is 18.3. The van der Waals surface area contributed by atoms with Crippen molar-refractivity contribution in [1.29, 1.82) is 0 Å². The predicted molar refractivity (Wildman–Crippen MR) is 151 cm³/mol. The number of nitrogens with zero attached hydrogens (tertiary/aromatic N) is 4. The van der Waals surface area contributed by atoms with Crippen LogP contribution in [0.15, 0.2) is 82.8 Å². The zero-order valence-electron chi connectivity index (χ0n) is 20.6. The molecule has 0 amide bonds. The van der Waals surface area contributed by atoms with Crippen LogP contribution in [0.2, 0.25) is 10.0 Å². The minimum Gasteiger partial charge on any atom is -0.379 e. The molecule has 0 aliphatic carbocycles. The lowest BCUT2D eigenvalue weighted by molar-refractivity contribution is 0.0730. The third kappa shape index (κ3) is 5.78. The van der Waals surface area contributed by atoms with Crippen LogP contribution in [0.25, 0.3) is 11.4 Å². The van der Waals surface area contributed by atoms with Crippen molar-refractivity contribution in [2.75, 3.05) is 26.3 Å². The van der Waals surface area contributed by atoms with E-state index in [0.717, 1.165) is 11.1 Å². The van der Waals surface area contributed by atoms with Crippen LogP contribution in [0.4, 0.5) is 0 Å². The molecule has 1 fully saturated rings. The predicted octanol–water partition coefficient (Wildman–Crippen LogP) is 6.17. The molecular formula is C27H26Cl2N4O3S2. The van der Waals surface area contributed by atoms with Crippen LogP contribution in [0.1, 0.15) is 24.1 Å². The Morgan fingerprint density at radius 3 is 2.47 bits per heavy atom. The quantitative estimate of drug-likeness (QED) is 0.229. The van der Waals surface area contributed by atoms with Gasteiger partial charge in [-0.3, -0.25) is 4.57 Å². The minimum atomic E-state index is -3.66. The van der Waals surface area contributed by atoms with E-state index < -0.39 is 10.0 Å². The highest BCUT2D eigenvalue weighted by Crippen LogP contribution is 2.34. The van der Waals surface area contributed by atoms with E-state index in [1.54, 1.807) is 24.3 Å². The number of hydrogen-bond acceptors (Lipinski definition) is 6. The molecular weight excluding hydrogens is 563 g/mol. The molecule has 0 N–H and O–H groups in total. The van der Waals surface area contributed by atoms with Crippen LogP contribution < -0.4 is 0 Å². The summed E-state index contributed by atoms with van der Waals surface area (Å²) in [6, 6.07) is 22.3. The number of ether oxygens (including phenoxy) is 1. The monoisotopic (exact) mass is 588 g/mol. The van der Waals surface area contributed by atoms with Crippen molar-refractivity contribution < 1.29 is 13.2 Å². The number of aromatic nitrogens is 3. The summed E-state index contributed by atoms with van der Waals surface area (Å²) >= 11 is 14.0. The molecule has 11 heteroatoms. The summed E-state index contributed by atoms with van der Waals surface area (Å²) < 4.78 is 35.5. The van der Waals surface area contributed by atoms with Gasteiger partial charge in [0.15, 0.2) is 11.0 Å². The maximum Gasteiger partial charge on any atom is 0.243 e. The van der Waals surface area contributed by atoms with Gasteiger partial charge in [-0.25, -0.2) is 8.42 Å². The van der Waals surface area contributed by atoms with Gasteiger partial charge in [-0.1, -0.05) is 83.5 Å². The van der Waals surface area contributed by atoms with E-state index in [4.69, 9.17) is 27.9 Å². The van der Waals surface area contributed by atoms with E-state index >= 15 is 0 Å². The molecule has 1 aliphatic rings. The number of morpholine rings is 1. The van der Waals surface area contributed by atoms with Gasteiger partial charge in [0.2, 0.25) is 10.0 Å². The van der Waals surface area contributed by atoms with E-state index in [9.17, 15) is 8.42 Å². The number of rotatable bonds is 8. The first-order valence-corrected chi connectivity index (χ1v) is 15.3. The molecule has 5 rings (SSSR count). The van der Waals surface area contributed by atoms with Gasteiger partial charge in [-0.2, -0.15) is 4.31 Å². The Morgan fingerprint density at radius 2 is 1.74 bits per heavy atom. The number of thioether (sulfide) groups is 1. The summed E-state index contributed by atoms with van der Waals surface area (Å²) in [5, 5.41) is 10.9. The SMILES string of the molecule is C[C@H](c1ccccc1)n1c(SCc2ccc(Cl)cc2Cl)nnc1-c1cccc(S(=O)(=O)N2CCOCC2)c1. The number of sulfonamides is 1. The summed E-state index contributed by atoms with van der Waals surface area (Å²) in [6.45, 7) is 3.53. The van der Waals surface area contributed by atoms with E-state index in [0.29, 0.717) is 58.6 Å². The molecule has 2 heterocycles. The fourth-order valence-electron chi connectivity index (χ4n) is 4.31. The van der Waals surface area contributed by atoms with E-state index in [2.05, 4.69) is 29.3 Å². The molecule has 3 aromatic carbocycles. The Morgan fingerprint density at radius 1 is 0.974 bits per heavy atom. The van der Waals surface area contributed by atoms with Crippen molar-refractivity contribution in [1.82, 2.24) is 19.1 Å². The summed E-state index contributed by atoms with van der Waals surface area (Å²) in [5.74, 6) is 1.16. The van der Waals surface area contributed by atoms with Crippen molar-refractivity contribution >= 4 is 45.0 Å². The number of benzene rings is 3. The lowest BCUT2D eigenvalue weighted by atomic mass is 10.1. The maximum atomic E-state index is 13.3. The first-order valence-electron chi connectivity index (χ1n) is 12.1. The average Bonchev–Trinajstić information content (AvgIpc) is 3.37. The topological polar surface area (TPSA) is 77.3 Å². The highest BCUT2D eigenvalue weighted by molar-refractivity contribution is 7.98. The first kappa shape index (κ1) is 27.2. The zero-order valence-corrected chi connectivity index (χ0v) is 23.8. The maximum absolute atomic E-state index is 13.3. The van der Waals surface area contributed by atoms with E-state index in [-0.39, 0.29) is 10.9 Å². The molecule has 1 saturated heterocycles. The zero-order chi connectivity index (χ0) is 26.7. The highest BCUT2D eigenvalue weighted by atomic mass is 35.5. The lowest BCUT2D eigenvalue weighted by Gasteiger charge is -2.26. The van der Waals surface area contributed by atoms with Gasteiger partial charge < -0.3 is 4.74 Å². The normalized spacial score (nSPS) is 15.4. The molecule has 0 unspecified atom stereocenters. The Hall–Kier alpha value is -2.40. The number of halogens is 2. The van der Waals surface area contributed by atoms with Crippen LogP contribution in [0.5, 0.6) is 0 Å². The fraction of sp³-hybridized carbons (Fsp3) is 0.259.